The van der Waals surface area contributed by atoms with Crippen molar-refractivity contribution >= 4 is 37.0 Å². The monoisotopic (exact) mass is 438 g/mol. The van der Waals surface area contributed by atoms with Crippen molar-refractivity contribution < 1.29 is 4.43 Å². The Balaban J connectivity index is 1.40. The van der Waals surface area contributed by atoms with Gasteiger partial charge in [-0.1, -0.05) is 69.3 Å². The van der Waals surface area contributed by atoms with Gasteiger partial charge >= 0.3 is 0 Å². The summed E-state index contributed by atoms with van der Waals surface area (Å²) in [5.41, 5.74) is 4.22. The number of anilines is 4. The van der Waals surface area contributed by atoms with Crippen LogP contribution in [0, 0.1) is 0 Å². The van der Waals surface area contributed by atoms with Crippen LogP contribution < -0.4 is 20.2 Å². The van der Waals surface area contributed by atoms with Gasteiger partial charge in [-0.3, -0.25) is 0 Å². The molecule has 4 rings (SSSR count). The highest BCUT2D eigenvalue weighted by atomic mass is 28.3. The Hall–Kier alpha value is -3.50. The minimum atomic E-state index is -1.65. The largest absolute Gasteiger partial charge is 0.541 e. The SMILES string of the molecule is CC(C)(C)[SiH](Oc1ccc(Nc2ccc(Nc3ccccc3)cc2)cc1)c1ccccc1. The number of hydrogen-bond donors (Lipinski definition) is 2. The van der Waals surface area contributed by atoms with Gasteiger partial charge in [-0.25, -0.2) is 0 Å². The Morgan fingerprint density at radius 1 is 0.531 bits per heavy atom. The Labute approximate surface area is 192 Å². The van der Waals surface area contributed by atoms with E-state index >= 15 is 0 Å². The molecule has 4 aromatic carbocycles. The average Bonchev–Trinajstić information content (AvgIpc) is 2.80. The van der Waals surface area contributed by atoms with Gasteiger partial charge in [0.1, 0.15) is 5.75 Å². The second kappa shape index (κ2) is 9.75. The molecule has 162 valence electrons. The first-order chi connectivity index (χ1) is 15.5. The van der Waals surface area contributed by atoms with Crippen molar-refractivity contribution in [2.45, 2.75) is 25.8 Å². The fourth-order valence-corrected chi connectivity index (χ4v) is 6.11. The Morgan fingerprint density at radius 2 is 0.938 bits per heavy atom. The summed E-state index contributed by atoms with van der Waals surface area (Å²) in [7, 11) is -1.65. The van der Waals surface area contributed by atoms with Crippen LogP contribution in [-0.4, -0.2) is 9.04 Å². The molecule has 3 nitrogen and oxygen atoms in total. The molecule has 0 aliphatic carbocycles. The molecule has 0 saturated heterocycles. The van der Waals surface area contributed by atoms with E-state index in [-0.39, 0.29) is 5.04 Å². The predicted molar refractivity (Wildman–Crippen MR) is 139 cm³/mol. The maximum absolute atomic E-state index is 6.55. The maximum Gasteiger partial charge on any atom is 0.272 e. The highest BCUT2D eigenvalue weighted by Crippen LogP contribution is 2.30. The lowest BCUT2D eigenvalue weighted by molar-refractivity contribution is 0.527. The van der Waals surface area contributed by atoms with Crippen molar-refractivity contribution in [3.63, 3.8) is 0 Å². The lowest BCUT2D eigenvalue weighted by Gasteiger charge is -2.30. The molecule has 0 bridgehead atoms. The van der Waals surface area contributed by atoms with E-state index in [2.05, 4.69) is 122 Å². The molecule has 2 N–H and O–H groups in total. The smallest absolute Gasteiger partial charge is 0.272 e. The molecule has 0 aromatic heterocycles. The quantitative estimate of drug-likeness (QED) is 0.305. The van der Waals surface area contributed by atoms with E-state index in [1.165, 1.54) is 5.19 Å². The third-order valence-electron chi connectivity index (χ3n) is 5.23. The van der Waals surface area contributed by atoms with E-state index in [0.29, 0.717) is 0 Å². The molecule has 0 aliphatic heterocycles. The number of para-hydroxylation sites is 1. The van der Waals surface area contributed by atoms with Crippen molar-refractivity contribution in [2.24, 2.45) is 0 Å². The minimum absolute atomic E-state index is 0.119. The van der Waals surface area contributed by atoms with Crippen LogP contribution >= 0.6 is 0 Å². The van der Waals surface area contributed by atoms with Crippen LogP contribution in [-0.2, 0) is 0 Å². The zero-order valence-corrected chi connectivity index (χ0v) is 20.0. The van der Waals surface area contributed by atoms with Crippen LogP contribution in [0.3, 0.4) is 0 Å². The van der Waals surface area contributed by atoms with Crippen LogP contribution in [0.25, 0.3) is 0 Å². The van der Waals surface area contributed by atoms with Gasteiger partial charge in [-0.2, -0.15) is 0 Å². The van der Waals surface area contributed by atoms with Crippen molar-refractivity contribution in [1.29, 1.82) is 0 Å². The van der Waals surface area contributed by atoms with Gasteiger partial charge in [0.15, 0.2) is 0 Å². The van der Waals surface area contributed by atoms with Crippen LogP contribution in [0.1, 0.15) is 20.8 Å². The standard InChI is InChI=1S/C28H30N2OSi/c1-28(2,3)32(27-12-8-5-9-13-27)31-26-20-18-25(19-21-26)30-24-16-14-23(15-17-24)29-22-10-6-4-7-11-22/h4-21,29-30,32H,1-3H3. The summed E-state index contributed by atoms with van der Waals surface area (Å²) in [4.78, 5) is 0. The number of benzene rings is 4. The normalized spacial score (nSPS) is 12.1. The molecule has 0 spiro atoms. The van der Waals surface area contributed by atoms with Crippen molar-refractivity contribution in [1.82, 2.24) is 0 Å². The lowest BCUT2D eigenvalue weighted by atomic mass is 10.2. The lowest BCUT2D eigenvalue weighted by Crippen LogP contribution is -2.44. The van der Waals surface area contributed by atoms with Gasteiger partial charge < -0.3 is 15.1 Å². The first-order valence-corrected chi connectivity index (χ1v) is 12.6. The molecule has 4 heteroatoms. The fraction of sp³-hybridized carbons (Fsp3) is 0.143. The zero-order valence-electron chi connectivity index (χ0n) is 18.9. The Morgan fingerprint density at radius 3 is 1.41 bits per heavy atom. The third-order valence-corrected chi connectivity index (χ3v) is 8.30. The molecule has 0 radical (unpaired) electrons. The van der Waals surface area contributed by atoms with Gasteiger partial charge in [0.2, 0.25) is 0 Å². The predicted octanol–water partition coefficient (Wildman–Crippen LogP) is 6.98. The first kappa shape index (κ1) is 21.7. The molecule has 4 aromatic rings. The van der Waals surface area contributed by atoms with E-state index in [1.807, 2.05) is 18.2 Å². The molecule has 1 unspecified atom stereocenters. The second-order valence-corrected chi connectivity index (χ2v) is 12.4. The molecular formula is C28H30N2OSi. The molecular weight excluding hydrogens is 408 g/mol. The van der Waals surface area contributed by atoms with Gasteiger partial charge in [-0.05, 0) is 70.9 Å². The number of hydrogen-bond acceptors (Lipinski definition) is 3. The minimum Gasteiger partial charge on any atom is -0.541 e. The van der Waals surface area contributed by atoms with E-state index in [1.54, 1.807) is 0 Å². The third kappa shape index (κ3) is 5.80. The maximum atomic E-state index is 6.55. The summed E-state index contributed by atoms with van der Waals surface area (Å²) >= 11 is 0. The summed E-state index contributed by atoms with van der Waals surface area (Å²) < 4.78 is 6.55. The average molecular weight is 439 g/mol. The van der Waals surface area contributed by atoms with E-state index in [9.17, 15) is 0 Å². The topological polar surface area (TPSA) is 33.3 Å². The van der Waals surface area contributed by atoms with Gasteiger partial charge in [-0.15, -0.1) is 0 Å². The fourth-order valence-electron chi connectivity index (χ4n) is 3.62. The van der Waals surface area contributed by atoms with Gasteiger partial charge in [0.25, 0.3) is 9.04 Å². The Kier molecular flexibility index (Phi) is 6.62. The molecule has 0 saturated carbocycles. The second-order valence-electron chi connectivity index (χ2n) is 8.99. The van der Waals surface area contributed by atoms with Crippen LogP contribution in [0.2, 0.25) is 5.04 Å². The molecule has 0 aliphatic rings. The van der Waals surface area contributed by atoms with Gasteiger partial charge in [0, 0.05) is 22.7 Å². The molecule has 1 atom stereocenters. The van der Waals surface area contributed by atoms with Crippen LogP contribution in [0.5, 0.6) is 5.75 Å². The van der Waals surface area contributed by atoms with Gasteiger partial charge in [0.05, 0.1) is 0 Å². The van der Waals surface area contributed by atoms with E-state index < -0.39 is 9.04 Å². The zero-order chi connectivity index (χ0) is 22.4. The van der Waals surface area contributed by atoms with E-state index in [4.69, 9.17) is 4.43 Å². The summed E-state index contributed by atoms with van der Waals surface area (Å²) in [6.07, 6.45) is 0. The summed E-state index contributed by atoms with van der Waals surface area (Å²) in [6.45, 7) is 6.80. The summed E-state index contributed by atoms with van der Waals surface area (Å²) in [5.74, 6) is 0.924. The molecule has 0 fully saturated rings. The highest BCUT2D eigenvalue weighted by Gasteiger charge is 2.31. The highest BCUT2D eigenvalue weighted by molar-refractivity contribution is 6.70. The number of rotatable bonds is 7. The van der Waals surface area contributed by atoms with Crippen molar-refractivity contribution in [2.75, 3.05) is 10.6 Å². The molecule has 0 heterocycles. The molecule has 32 heavy (non-hydrogen) atoms. The summed E-state index contributed by atoms with van der Waals surface area (Å²) in [6, 6.07) is 37.4. The number of nitrogens with one attached hydrogen (secondary N) is 2. The first-order valence-electron chi connectivity index (χ1n) is 11.0. The van der Waals surface area contributed by atoms with Crippen molar-refractivity contribution in [3.05, 3.63) is 109 Å². The summed E-state index contributed by atoms with van der Waals surface area (Å²) in [5, 5.41) is 8.32. The van der Waals surface area contributed by atoms with Crippen molar-refractivity contribution in [3.8, 4) is 5.75 Å². The van der Waals surface area contributed by atoms with Crippen LogP contribution in [0.4, 0.5) is 22.7 Å². The molecule has 0 amide bonds. The van der Waals surface area contributed by atoms with E-state index in [0.717, 1.165) is 28.5 Å². The Bertz CT molecular complexity index is 1110. The van der Waals surface area contributed by atoms with Crippen LogP contribution in [0.15, 0.2) is 109 Å².